The van der Waals surface area contributed by atoms with Crippen LogP contribution in [0.25, 0.3) is 0 Å². The van der Waals surface area contributed by atoms with Gasteiger partial charge >= 0.3 is 0 Å². The van der Waals surface area contributed by atoms with Gasteiger partial charge in [0.05, 0.1) is 31.5 Å². The average Bonchev–Trinajstić information content (AvgIpc) is 3.03. The van der Waals surface area contributed by atoms with Crippen LogP contribution in [0.1, 0.15) is 38.5 Å². The molecular weight excluding hydrogens is 406 g/mol. The molecule has 2 heterocycles. The second kappa shape index (κ2) is 10.9. The Balaban J connectivity index is 1.49. The lowest BCUT2D eigenvalue weighted by molar-refractivity contribution is -0.137. The van der Waals surface area contributed by atoms with Crippen molar-refractivity contribution in [2.24, 2.45) is 5.92 Å². The Kier molecular flexibility index (Phi) is 8.22. The molecule has 7 nitrogen and oxygen atoms in total. The van der Waals surface area contributed by atoms with E-state index in [2.05, 4.69) is 15.1 Å². The molecule has 0 bridgehead atoms. The van der Waals surface area contributed by atoms with Gasteiger partial charge in [0.15, 0.2) is 0 Å². The van der Waals surface area contributed by atoms with Crippen molar-refractivity contribution in [3.05, 3.63) is 17.2 Å². The zero-order chi connectivity index (χ0) is 21.5. The number of nitrogens with one attached hydrogen (secondary N) is 1. The average molecular weight is 438 g/mol. The van der Waals surface area contributed by atoms with Crippen LogP contribution in [-0.4, -0.2) is 68.6 Å². The van der Waals surface area contributed by atoms with Crippen molar-refractivity contribution in [2.75, 3.05) is 52.3 Å². The third-order valence-corrected chi connectivity index (χ3v) is 6.27. The summed E-state index contributed by atoms with van der Waals surface area (Å²) in [5.74, 6) is 1.24. The molecule has 2 amide bonds. The molecule has 8 heteroatoms. The Hall–Kier alpha value is -1.99. The standard InChI is InChI=1S/C22H32ClN3O4/c1-29-19-14-20(30-2)18(13-17(19)23)24-21(27)15-25-11-7-16(8-12-25)22(28)26-9-5-3-4-6-10-26/h13-14,16H,3-12,15H2,1-2H3,(H,24,27). The van der Waals surface area contributed by atoms with Crippen LogP contribution in [-0.2, 0) is 9.59 Å². The lowest BCUT2D eigenvalue weighted by Gasteiger charge is -2.33. The van der Waals surface area contributed by atoms with Gasteiger partial charge in [0.2, 0.25) is 11.8 Å². The summed E-state index contributed by atoms with van der Waals surface area (Å²) in [7, 11) is 3.06. The van der Waals surface area contributed by atoms with Gasteiger partial charge in [0.25, 0.3) is 0 Å². The van der Waals surface area contributed by atoms with Gasteiger partial charge < -0.3 is 19.7 Å². The highest BCUT2D eigenvalue weighted by atomic mass is 35.5. The molecule has 1 aromatic carbocycles. The predicted molar refractivity (Wildman–Crippen MR) is 117 cm³/mol. The van der Waals surface area contributed by atoms with Gasteiger partial charge in [-0.05, 0) is 44.8 Å². The van der Waals surface area contributed by atoms with Crippen molar-refractivity contribution >= 4 is 29.1 Å². The zero-order valence-electron chi connectivity index (χ0n) is 17.9. The van der Waals surface area contributed by atoms with Crippen LogP contribution in [0.5, 0.6) is 11.5 Å². The molecule has 166 valence electrons. The fraction of sp³-hybridized carbons (Fsp3) is 0.636. The second-order valence-electron chi connectivity index (χ2n) is 8.03. The van der Waals surface area contributed by atoms with Gasteiger partial charge in [-0.2, -0.15) is 0 Å². The van der Waals surface area contributed by atoms with E-state index in [0.717, 1.165) is 51.9 Å². The van der Waals surface area contributed by atoms with Crippen LogP contribution in [0.2, 0.25) is 5.02 Å². The van der Waals surface area contributed by atoms with E-state index in [-0.39, 0.29) is 18.4 Å². The smallest absolute Gasteiger partial charge is 0.238 e. The number of carbonyl (C=O) groups excluding carboxylic acids is 2. The molecule has 0 saturated carbocycles. The summed E-state index contributed by atoms with van der Waals surface area (Å²) in [6.45, 7) is 3.56. The van der Waals surface area contributed by atoms with Gasteiger partial charge in [-0.25, -0.2) is 0 Å². The monoisotopic (exact) mass is 437 g/mol. The van der Waals surface area contributed by atoms with Crippen LogP contribution in [0, 0.1) is 5.92 Å². The van der Waals surface area contributed by atoms with Crippen molar-refractivity contribution in [3.8, 4) is 11.5 Å². The summed E-state index contributed by atoms with van der Waals surface area (Å²) in [6, 6.07) is 3.28. The Labute approximate surface area is 183 Å². The summed E-state index contributed by atoms with van der Waals surface area (Å²) < 4.78 is 10.5. The first-order valence-electron chi connectivity index (χ1n) is 10.7. The molecule has 1 aromatic rings. The van der Waals surface area contributed by atoms with Crippen molar-refractivity contribution in [2.45, 2.75) is 38.5 Å². The molecule has 0 aromatic heterocycles. The maximum absolute atomic E-state index is 12.8. The van der Waals surface area contributed by atoms with Gasteiger partial charge in [-0.15, -0.1) is 0 Å². The Morgan fingerprint density at radius 3 is 2.23 bits per heavy atom. The highest BCUT2D eigenvalue weighted by Crippen LogP contribution is 2.35. The van der Waals surface area contributed by atoms with Crippen molar-refractivity contribution in [3.63, 3.8) is 0 Å². The zero-order valence-corrected chi connectivity index (χ0v) is 18.7. The molecular formula is C22H32ClN3O4. The van der Waals surface area contributed by atoms with Crippen LogP contribution >= 0.6 is 11.6 Å². The number of amides is 2. The molecule has 0 unspecified atom stereocenters. The minimum Gasteiger partial charge on any atom is -0.495 e. The third kappa shape index (κ3) is 5.79. The normalized spacial score (nSPS) is 18.6. The number of methoxy groups -OCH3 is 2. The van der Waals surface area contributed by atoms with E-state index in [9.17, 15) is 9.59 Å². The fourth-order valence-corrected chi connectivity index (χ4v) is 4.48. The summed E-state index contributed by atoms with van der Waals surface area (Å²) in [4.78, 5) is 29.5. The number of hydrogen-bond acceptors (Lipinski definition) is 5. The Morgan fingerprint density at radius 1 is 1.00 bits per heavy atom. The number of piperidine rings is 1. The number of nitrogens with zero attached hydrogens (tertiary/aromatic N) is 2. The molecule has 2 aliphatic heterocycles. The van der Waals surface area contributed by atoms with E-state index in [4.69, 9.17) is 21.1 Å². The lowest BCUT2D eigenvalue weighted by Crippen LogP contribution is -2.44. The van der Waals surface area contributed by atoms with Gasteiger partial charge in [-0.3, -0.25) is 14.5 Å². The number of benzene rings is 1. The number of carbonyl (C=O) groups is 2. The first-order valence-corrected chi connectivity index (χ1v) is 11.1. The molecule has 0 radical (unpaired) electrons. The van der Waals surface area contributed by atoms with Gasteiger partial charge in [0.1, 0.15) is 11.5 Å². The number of hydrogen-bond donors (Lipinski definition) is 1. The van der Waals surface area contributed by atoms with E-state index in [1.165, 1.54) is 27.1 Å². The molecule has 2 aliphatic rings. The lowest BCUT2D eigenvalue weighted by atomic mass is 9.95. The van der Waals surface area contributed by atoms with Crippen LogP contribution in [0.15, 0.2) is 12.1 Å². The summed E-state index contributed by atoms with van der Waals surface area (Å²) >= 11 is 6.18. The maximum atomic E-state index is 12.8. The third-order valence-electron chi connectivity index (χ3n) is 5.97. The summed E-state index contributed by atoms with van der Waals surface area (Å²) in [5.41, 5.74) is 0.513. The number of ether oxygens (including phenoxy) is 2. The fourth-order valence-electron chi connectivity index (χ4n) is 4.24. The van der Waals surface area contributed by atoms with Crippen molar-refractivity contribution in [1.82, 2.24) is 9.80 Å². The van der Waals surface area contributed by atoms with Crippen LogP contribution < -0.4 is 14.8 Å². The molecule has 0 spiro atoms. The molecule has 30 heavy (non-hydrogen) atoms. The van der Waals surface area contributed by atoms with Crippen molar-refractivity contribution in [1.29, 1.82) is 0 Å². The molecule has 3 rings (SSSR count). The van der Waals surface area contributed by atoms with E-state index < -0.39 is 0 Å². The molecule has 1 N–H and O–H groups in total. The highest BCUT2D eigenvalue weighted by molar-refractivity contribution is 6.32. The van der Waals surface area contributed by atoms with E-state index in [1.807, 2.05) is 0 Å². The molecule has 2 saturated heterocycles. The minimum atomic E-state index is -0.133. The Bertz CT molecular complexity index is 742. The van der Waals surface area contributed by atoms with Gasteiger partial charge in [0, 0.05) is 25.1 Å². The summed E-state index contributed by atoms with van der Waals surface area (Å²) in [6.07, 6.45) is 6.29. The van der Waals surface area contributed by atoms with E-state index in [1.54, 1.807) is 12.1 Å². The van der Waals surface area contributed by atoms with E-state index in [0.29, 0.717) is 28.1 Å². The Morgan fingerprint density at radius 2 is 1.63 bits per heavy atom. The molecule has 2 fully saturated rings. The van der Waals surface area contributed by atoms with Gasteiger partial charge in [-0.1, -0.05) is 24.4 Å². The number of likely N-dealkylation sites (tertiary alicyclic amines) is 2. The van der Waals surface area contributed by atoms with E-state index >= 15 is 0 Å². The number of halogens is 1. The van der Waals surface area contributed by atoms with Crippen LogP contribution in [0.4, 0.5) is 5.69 Å². The first kappa shape index (κ1) is 22.7. The summed E-state index contributed by atoms with van der Waals surface area (Å²) in [5, 5.41) is 3.28. The SMILES string of the molecule is COc1cc(OC)c(NC(=O)CN2CCC(C(=O)N3CCCCCC3)CC2)cc1Cl. The van der Waals surface area contributed by atoms with Crippen LogP contribution in [0.3, 0.4) is 0 Å². The molecule has 0 atom stereocenters. The predicted octanol–water partition coefficient (Wildman–Crippen LogP) is 3.41. The second-order valence-corrected chi connectivity index (χ2v) is 8.43. The topological polar surface area (TPSA) is 71.1 Å². The molecule has 0 aliphatic carbocycles. The largest absolute Gasteiger partial charge is 0.495 e. The first-order chi connectivity index (χ1) is 14.5. The quantitative estimate of drug-likeness (QED) is 0.738. The maximum Gasteiger partial charge on any atom is 0.238 e. The minimum absolute atomic E-state index is 0.0860. The van der Waals surface area contributed by atoms with Crippen molar-refractivity contribution < 1.29 is 19.1 Å². The highest BCUT2D eigenvalue weighted by Gasteiger charge is 2.29. The number of anilines is 1. The number of rotatable bonds is 6.